The summed E-state index contributed by atoms with van der Waals surface area (Å²) in [5.74, 6) is 0. The lowest BCUT2D eigenvalue weighted by Gasteiger charge is -2.16. The summed E-state index contributed by atoms with van der Waals surface area (Å²) in [6.07, 6.45) is 2.26. The lowest BCUT2D eigenvalue weighted by Crippen LogP contribution is -2.19. The van der Waals surface area contributed by atoms with Gasteiger partial charge in [0.05, 0.1) is 0 Å². The lowest BCUT2D eigenvalue weighted by atomic mass is 10.1. The second-order valence-electron chi connectivity index (χ2n) is 4.49. The molecular formula is C14H23NS. The molecule has 1 N–H and O–H groups in total. The fourth-order valence-corrected chi connectivity index (χ4v) is 2.91. The second kappa shape index (κ2) is 6.21. The Balaban J connectivity index is 2.72. The summed E-state index contributed by atoms with van der Waals surface area (Å²) in [7, 11) is 0. The predicted molar refractivity (Wildman–Crippen MR) is 74.3 cm³/mol. The summed E-state index contributed by atoms with van der Waals surface area (Å²) in [4.78, 5) is 2.91. The van der Waals surface area contributed by atoms with Gasteiger partial charge < -0.3 is 5.32 Å². The van der Waals surface area contributed by atoms with Gasteiger partial charge >= 0.3 is 0 Å². The minimum atomic E-state index is 0.499. The van der Waals surface area contributed by atoms with Crippen LogP contribution in [0.5, 0.6) is 0 Å². The fraction of sp³-hybridized carbons (Fsp3) is 0.571. The molecule has 0 saturated heterocycles. The zero-order chi connectivity index (χ0) is 12.1. The van der Waals surface area contributed by atoms with Crippen LogP contribution >= 0.6 is 11.3 Å². The maximum Gasteiger partial charge on any atom is 0.0417 e. The molecule has 90 valence electrons. The quantitative estimate of drug-likeness (QED) is 0.724. The second-order valence-corrected chi connectivity index (χ2v) is 5.78. The molecule has 1 aromatic heterocycles. The molecule has 0 radical (unpaired) electrons. The zero-order valence-electron chi connectivity index (χ0n) is 10.9. The number of rotatable bonds is 6. The maximum atomic E-state index is 3.98. The summed E-state index contributed by atoms with van der Waals surface area (Å²) in [6.45, 7) is 13.7. The van der Waals surface area contributed by atoms with Crippen LogP contribution in [-0.2, 0) is 0 Å². The van der Waals surface area contributed by atoms with E-state index in [0.29, 0.717) is 6.04 Å². The molecule has 0 spiro atoms. The first-order chi connectivity index (χ1) is 7.54. The number of allylic oxidation sites excluding steroid dienone is 1. The van der Waals surface area contributed by atoms with E-state index in [2.05, 4.69) is 45.7 Å². The lowest BCUT2D eigenvalue weighted by molar-refractivity contribution is 0.522. The SMILES string of the molecule is C=C(C)CCC(NCC)c1cc(C)c(C)s1. The Morgan fingerprint density at radius 2 is 2.19 bits per heavy atom. The third kappa shape index (κ3) is 3.76. The molecule has 0 aliphatic carbocycles. The van der Waals surface area contributed by atoms with Crippen LogP contribution < -0.4 is 5.32 Å². The zero-order valence-corrected chi connectivity index (χ0v) is 11.7. The summed E-state index contributed by atoms with van der Waals surface area (Å²) < 4.78 is 0. The Hall–Kier alpha value is -0.600. The largest absolute Gasteiger partial charge is 0.310 e. The van der Waals surface area contributed by atoms with Crippen LogP contribution in [0, 0.1) is 13.8 Å². The van der Waals surface area contributed by atoms with Gasteiger partial charge in [0.25, 0.3) is 0 Å². The van der Waals surface area contributed by atoms with E-state index in [0.717, 1.165) is 19.4 Å². The van der Waals surface area contributed by atoms with Crippen molar-refractivity contribution in [2.24, 2.45) is 0 Å². The van der Waals surface area contributed by atoms with Gasteiger partial charge in [0.15, 0.2) is 0 Å². The first kappa shape index (κ1) is 13.5. The van der Waals surface area contributed by atoms with Crippen molar-refractivity contribution in [2.45, 2.75) is 46.6 Å². The van der Waals surface area contributed by atoms with Gasteiger partial charge in [-0.1, -0.05) is 12.5 Å². The van der Waals surface area contributed by atoms with Crippen LogP contribution in [0.3, 0.4) is 0 Å². The van der Waals surface area contributed by atoms with Crippen LogP contribution in [0.25, 0.3) is 0 Å². The van der Waals surface area contributed by atoms with Crippen LogP contribution in [0.15, 0.2) is 18.2 Å². The van der Waals surface area contributed by atoms with E-state index >= 15 is 0 Å². The molecule has 0 fully saturated rings. The Morgan fingerprint density at radius 3 is 2.62 bits per heavy atom. The van der Waals surface area contributed by atoms with Crippen molar-refractivity contribution >= 4 is 11.3 Å². The summed E-state index contributed by atoms with van der Waals surface area (Å²) >= 11 is 1.92. The van der Waals surface area contributed by atoms with Gasteiger partial charge in [-0.25, -0.2) is 0 Å². The Labute approximate surface area is 104 Å². The smallest absolute Gasteiger partial charge is 0.0417 e. The molecule has 0 bridgehead atoms. The number of aryl methyl sites for hydroxylation is 2. The molecule has 2 heteroatoms. The monoisotopic (exact) mass is 237 g/mol. The van der Waals surface area contributed by atoms with E-state index in [-0.39, 0.29) is 0 Å². The summed E-state index contributed by atoms with van der Waals surface area (Å²) in [6, 6.07) is 2.82. The highest BCUT2D eigenvalue weighted by atomic mass is 32.1. The van der Waals surface area contributed by atoms with E-state index < -0.39 is 0 Å². The van der Waals surface area contributed by atoms with Crippen molar-refractivity contribution in [2.75, 3.05) is 6.54 Å². The van der Waals surface area contributed by atoms with Gasteiger partial charge in [-0.15, -0.1) is 17.9 Å². The van der Waals surface area contributed by atoms with Gasteiger partial charge in [0.1, 0.15) is 0 Å². The molecule has 1 nitrogen and oxygen atoms in total. The molecule has 1 unspecified atom stereocenters. The standard InChI is InChI=1S/C14H23NS/c1-6-15-13(8-7-10(2)3)14-9-11(4)12(5)16-14/h9,13,15H,2,6-8H2,1,3-5H3. The minimum absolute atomic E-state index is 0.499. The van der Waals surface area contributed by atoms with Crippen molar-refractivity contribution in [1.82, 2.24) is 5.32 Å². The Kier molecular flexibility index (Phi) is 5.23. The molecule has 0 aliphatic rings. The van der Waals surface area contributed by atoms with Gasteiger partial charge in [0, 0.05) is 15.8 Å². The highest BCUT2D eigenvalue weighted by Gasteiger charge is 2.13. The van der Waals surface area contributed by atoms with Crippen molar-refractivity contribution in [1.29, 1.82) is 0 Å². The first-order valence-corrected chi connectivity index (χ1v) is 6.81. The van der Waals surface area contributed by atoms with Gasteiger partial charge in [-0.05, 0) is 51.8 Å². The Bertz CT molecular complexity index is 332. The Morgan fingerprint density at radius 1 is 1.50 bits per heavy atom. The van der Waals surface area contributed by atoms with Crippen LogP contribution in [-0.4, -0.2) is 6.54 Å². The average Bonchev–Trinajstić information content (AvgIpc) is 2.53. The summed E-state index contributed by atoms with van der Waals surface area (Å²) in [5, 5.41) is 3.56. The van der Waals surface area contributed by atoms with E-state index in [9.17, 15) is 0 Å². The molecule has 1 heterocycles. The summed E-state index contributed by atoms with van der Waals surface area (Å²) in [5.41, 5.74) is 2.69. The number of nitrogens with one attached hydrogen (secondary N) is 1. The van der Waals surface area contributed by atoms with Crippen LogP contribution in [0.2, 0.25) is 0 Å². The minimum Gasteiger partial charge on any atom is -0.310 e. The van der Waals surface area contributed by atoms with Crippen molar-refractivity contribution in [3.05, 3.63) is 33.5 Å². The molecule has 0 amide bonds. The van der Waals surface area contributed by atoms with Crippen molar-refractivity contribution < 1.29 is 0 Å². The molecule has 1 atom stereocenters. The number of hydrogen-bond donors (Lipinski definition) is 1. The topological polar surface area (TPSA) is 12.0 Å². The van der Waals surface area contributed by atoms with Gasteiger partial charge in [-0.3, -0.25) is 0 Å². The third-order valence-electron chi connectivity index (χ3n) is 2.84. The molecular weight excluding hydrogens is 214 g/mol. The van der Waals surface area contributed by atoms with Crippen molar-refractivity contribution in [3.8, 4) is 0 Å². The van der Waals surface area contributed by atoms with E-state index in [1.165, 1.54) is 20.9 Å². The van der Waals surface area contributed by atoms with Crippen LogP contribution in [0.4, 0.5) is 0 Å². The maximum absolute atomic E-state index is 3.98. The molecule has 1 aromatic rings. The number of hydrogen-bond acceptors (Lipinski definition) is 2. The fourth-order valence-electron chi connectivity index (χ4n) is 1.76. The third-order valence-corrected chi connectivity index (χ3v) is 4.11. The molecule has 1 rings (SSSR count). The molecule has 0 aromatic carbocycles. The van der Waals surface area contributed by atoms with Gasteiger partial charge in [-0.2, -0.15) is 0 Å². The highest BCUT2D eigenvalue weighted by Crippen LogP contribution is 2.29. The normalized spacial score (nSPS) is 12.8. The molecule has 0 saturated carbocycles. The van der Waals surface area contributed by atoms with Crippen LogP contribution in [0.1, 0.15) is 48.0 Å². The predicted octanol–water partition coefficient (Wildman–Crippen LogP) is 4.37. The van der Waals surface area contributed by atoms with E-state index in [1.54, 1.807) is 0 Å². The van der Waals surface area contributed by atoms with Crippen molar-refractivity contribution in [3.63, 3.8) is 0 Å². The molecule has 16 heavy (non-hydrogen) atoms. The van der Waals surface area contributed by atoms with E-state index in [1.807, 2.05) is 11.3 Å². The first-order valence-electron chi connectivity index (χ1n) is 5.99. The van der Waals surface area contributed by atoms with E-state index in [4.69, 9.17) is 0 Å². The number of thiophene rings is 1. The average molecular weight is 237 g/mol. The highest BCUT2D eigenvalue weighted by molar-refractivity contribution is 7.12. The van der Waals surface area contributed by atoms with Gasteiger partial charge in [0.2, 0.25) is 0 Å². The molecule has 0 aliphatic heterocycles.